The van der Waals surface area contributed by atoms with Crippen LogP contribution in [0.5, 0.6) is 0 Å². The minimum atomic E-state index is -0.572. The zero-order valence-electron chi connectivity index (χ0n) is 14.5. The first-order chi connectivity index (χ1) is 12.1. The third-order valence-corrected chi connectivity index (χ3v) is 4.37. The maximum atomic E-state index is 11.1. The summed E-state index contributed by atoms with van der Waals surface area (Å²) in [4.78, 5) is 13.5. The molecule has 7 nitrogen and oxygen atoms in total. The molecule has 0 radical (unpaired) electrons. The molecule has 1 fully saturated rings. The second-order valence-electron chi connectivity index (χ2n) is 6.26. The molecule has 3 rings (SSSR count). The summed E-state index contributed by atoms with van der Waals surface area (Å²) in [6.07, 6.45) is 1.93. The molecule has 2 heterocycles. The van der Waals surface area contributed by atoms with Gasteiger partial charge in [0.15, 0.2) is 11.6 Å². The number of rotatable bonds is 4. The first-order valence-electron chi connectivity index (χ1n) is 8.45. The van der Waals surface area contributed by atoms with Gasteiger partial charge in [0.05, 0.1) is 7.11 Å². The predicted molar refractivity (Wildman–Crippen MR) is 98.4 cm³/mol. The van der Waals surface area contributed by atoms with E-state index in [0.29, 0.717) is 11.6 Å². The summed E-state index contributed by atoms with van der Waals surface area (Å²) in [5, 5.41) is 13.6. The minimum absolute atomic E-state index is 0.340. The summed E-state index contributed by atoms with van der Waals surface area (Å²) in [7, 11) is 1.30. The molecule has 7 heteroatoms. The van der Waals surface area contributed by atoms with Crippen LogP contribution in [0.1, 0.15) is 19.8 Å². The number of aromatic nitrogens is 2. The number of nitrogens with zero attached hydrogens (tertiary/aromatic N) is 3. The second-order valence-corrected chi connectivity index (χ2v) is 6.26. The molecule has 1 saturated heterocycles. The van der Waals surface area contributed by atoms with E-state index in [1.54, 1.807) is 12.1 Å². The van der Waals surface area contributed by atoms with Crippen molar-refractivity contribution in [3.8, 4) is 0 Å². The highest BCUT2D eigenvalue weighted by atomic mass is 16.5. The zero-order chi connectivity index (χ0) is 17.6. The summed E-state index contributed by atoms with van der Waals surface area (Å²) < 4.78 is 4.51. The molecule has 1 aromatic carbocycles. The number of piperidine rings is 1. The minimum Gasteiger partial charge on any atom is -0.453 e. The summed E-state index contributed by atoms with van der Waals surface area (Å²) >= 11 is 0. The molecule has 1 aliphatic rings. The van der Waals surface area contributed by atoms with Crippen LogP contribution in [-0.4, -0.2) is 36.5 Å². The molecule has 0 bridgehead atoms. The van der Waals surface area contributed by atoms with Crippen molar-refractivity contribution >= 4 is 29.1 Å². The molecule has 0 unspecified atom stereocenters. The van der Waals surface area contributed by atoms with Gasteiger partial charge in [0.25, 0.3) is 0 Å². The van der Waals surface area contributed by atoms with Crippen LogP contribution in [0.25, 0.3) is 0 Å². The van der Waals surface area contributed by atoms with Crippen LogP contribution in [0.2, 0.25) is 0 Å². The van der Waals surface area contributed by atoms with Crippen molar-refractivity contribution in [2.45, 2.75) is 19.8 Å². The van der Waals surface area contributed by atoms with Crippen LogP contribution in [-0.2, 0) is 4.74 Å². The van der Waals surface area contributed by atoms with Gasteiger partial charge in [-0.2, -0.15) is 0 Å². The summed E-state index contributed by atoms with van der Waals surface area (Å²) in [6.45, 7) is 4.56. The van der Waals surface area contributed by atoms with E-state index in [4.69, 9.17) is 0 Å². The zero-order valence-corrected chi connectivity index (χ0v) is 14.5. The maximum absolute atomic E-state index is 11.1. The topological polar surface area (TPSA) is 79.4 Å². The Kier molecular flexibility index (Phi) is 5.33. The van der Waals surface area contributed by atoms with Gasteiger partial charge in [-0.15, -0.1) is 10.2 Å². The van der Waals surface area contributed by atoms with Crippen molar-refractivity contribution in [1.82, 2.24) is 10.2 Å². The van der Waals surface area contributed by atoms with Crippen molar-refractivity contribution in [3.63, 3.8) is 0 Å². The number of hydrogen-bond acceptors (Lipinski definition) is 6. The number of hydrogen-bond donors (Lipinski definition) is 2. The molecule has 1 amide bonds. The molecule has 2 N–H and O–H groups in total. The lowest BCUT2D eigenvalue weighted by Crippen LogP contribution is -2.32. The fourth-order valence-electron chi connectivity index (χ4n) is 2.79. The van der Waals surface area contributed by atoms with Crippen molar-refractivity contribution < 1.29 is 9.53 Å². The molecule has 132 valence electrons. The van der Waals surface area contributed by atoms with Crippen LogP contribution in [0.15, 0.2) is 36.4 Å². The van der Waals surface area contributed by atoms with Crippen molar-refractivity contribution in [2.24, 2.45) is 5.92 Å². The largest absolute Gasteiger partial charge is 0.453 e. The summed E-state index contributed by atoms with van der Waals surface area (Å²) in [5.41, 5.74) is 2.19. The molecule has 1 aromatic heterocycles. The number of amides is 1. The second kappa shape index (κ2) is 7.83. The van der Waals surface area contributed by atoms with E-state index in [1.807, 2.05) is 12.1 Å². The Morgan fingerprint density at radius 1 is 1.08 bits per heavy atom. The average Bonchev–Trinajstić information content (AvgIpc) is 2.64. The predicted octanol–water partition coefficient (Wildman–Crippen LogP) is 3.63. The van der Waals surface area contributed by atoms with Crippen LogP contribution in [0.4, 0.5) is 27.8 Å². The first kappa shape index (κ1) is 17.0. The normalized spacial score (nSPS) is 14.9. The van der Waals surface area contributed by atoms with E-state index >= 15 is 0 Å². The number of ether oxygens (including phenoxy) is 1. The Labute approximate surface area is 147 Å². The maximum Gasteiger partial charge on any atom is 0.412 e. The van der Waals surface area contributed by atoms with Crippen LogP contribution in [0.3, 0.4) is 0 Å². The Balaban J connectivity index is 1.58. The van der Waals surface area contributed by atoms with E-state index in [9.17, 15) is 4.79 Å². The lowest BCUT2D eigenvalue weighted by atomic mass is 9.99. The van der Waals surface area contributed by atoms with Crippen LogP contribution in [0, 0.1) is 5.92 Å². The first-order valence-corrected chi connectivity index (χ1v) is 8.45. The number of methoxy groups -OCH3 is 1. The van der Waals surface area contributed by atoms with E-state index in [0.717, 1.165) is 24.7 Å². The van der Waals surface area contributed by atoms with Gasteiger partial charge in [0.1, 0.15) is 0 Å². The molecule has 0 saturated carbocycles. The van der Waals surface area contributed by atoms with Gasteiger partial charge in [-0.1, -0.05) is 6.92 Å². The van der Waals surface area contributed by atoms with Crippen LogP contribution < -0.4 is 15.5 Å². The lowest BCUT2D eigenvalue weighted by molar-refractivity contribution is 0.187. The van der Waals surface area contributed by atoms with Gasteiger partial charge in [-0.25, -0.2) is 4.79 Å². The SMILES string of the molecule is COC(=O)Nc1ccc(Nc2ccc(N3CCC(C)CC3)cc2)nn1. The Hall–Kier alpha value is -2.83. The van der Waals surface area contributed by atoms with Gasteiger partial charge in [-0.3, -0.25) is 5.32 Å². The highest BCUT2D eigenvalue weighted by molar-refractivity contribution is 5.83. The number of carbonyl (C=O) groups excluding carboxylic acids is 1. The third-order valence-electron chi connectivity index (χ3n) is 4.37. The van der Waals surface area contributed by atoms with Crippen molar-refractivity contribution in [1.29, 1.82) is 0 Å². The molecule has 2 aromatic rings. The van der Waals surface area contributed by atoms with E-state index in [2.05, 4.69) is 49.5 Å². The lowest BCUT2D eigenvalue weighted by Gasteiger charge is -2.32. The number of nitrogens with one attached hydrogen (secondary N) is 2. The molecular formula is C18H23N5O2. The quantitative estimate of drug-likeness (QED) is 0.884. The van der Waals surface area contributed by atoms with Gasteiger partial charge >= 0.3 is 6.09 Å². The summed E-state index contributed by atoms with van der Waals surface area (Å²) in [6, 6.07) is 11.7. The Morgan fingerprint density at radius 3 is 2.32 bits per heavy atom. The number of benzene rings is 1. The molecule has 0 aliphatic carbocycles. The monoisotopic (exact) mass is 341 g/mol. The van der Waals surface area contributed by atoms with Gasteiger partial charge < -0.3 is 15.0 Å². The number of anilines is 4. The van der Waals surface area contributed by atoms with Crippen molar-refractivity contribution in [2.75, 3.05) is 35.7 Å². The number of carbonyl (C=O) groups is 1. The summed E-state index contributed by atoms with van der Waals surface area (Å²) in [5.74, 6) is 1.77. The molecule has 1 aliphatic heterocycles. The Morgan fingerprint density at radius 2 is 1.72 bits per heavy atom. The Bertz CT molecular complexity index is 694. The van der Waals surface area contributed by atoms with E-state index in [-0.39, 0.29) is 0 Å². The molecule has 25 heavy (non-hydrogen) atoms. The highest BCUT2D eigenvalue weighted by Gasteiger charge is 2.15. The fraction of sp³-hybridized carbons (Fsp3) is 0.389. The molecule has 0 spiro atoms. The van der Waals surface area contributed by atoms with Gasteiger partial charge in [-0.05, 0) is 55.2 Å². The molecular weight excluding hydrogens is 318 g/mol. The van der Waals surface area contributed by atoms with Crippen LogP contribution >= 0.6 is 0 Å². The molecule has 0 atom stereocenters. The standard InChI is InChI=1S/C18H23N5O2/c1-13-9-11-23(12-10-13)15-5-3-14(4-6-15)19-16-7-8-17(22-21-16)20-18(24)25-2/h3-8,13H,9-12H2,1-2H3,(H,19,21)(H,20,22,24). The van der Waals surface area contributed by atoms with Gasteiger partial charge in [0.2, 0.25) is 0 Å². The highest BCUT2D eigenvalue weighted by Crippen LogP contribution is 2.25. The smallest absolute Gasteiger partial charge is 0.412 e. The van der Waals surface area contributed by atoms with E-state index in [1.165, 1.54) is 25.6 Å². The van der Waals surface area contributed by atoms with Crippen molar-refractivity contribution in [3.05, 3.63) is 36.4 Å². The van der Waals surface area contributed by atoms with E-state index < -0.39 is 6.09 Å². The van der Waals surface area contributed by atoms with Gasteiger partial charge in [0, 0.05) is 24.5 Å². The third kappa shape index (κ3) is 4.59. The fourth-order valence-corrected chi connectivity index (χ4v) is 2.79. The average molecular weight is 341 g/mol.